The van der Waals surface area contributed by atoms with Crippen LogP contribution in [-0.4, -0.2) is 22.2 Å². The lowest BCUT2D eigenvalue weighted by molar-refractivity contribution is 0.0701. The van der Waals surface area contributed by atoms with Gasteiger partial charge in [-0.1, -0.05) is 11.8 Å². The second-order valence-corrected chi connectivity index (χ2v) is 5.60. The van der Waals surface area contributed by atoms with Crippen LogP contribution in [0.25, 0.3) is 11.3 Å². The van der Waals surface area contributed by atoms with Crippen LogP contribution in [0.4, 0.5) is 0 Å². The summed E-state index contributed by atoms with van der Waals surface area (Å²) in [5.41, 5.74) is 0.276. The molecule has 0 aliphatic carbocycles. The Hall–Kier alpha value is -3.31. The maximum atomic E-state index is 12.0. The van der Waals surface area contributed by atoms with Gasteiger partial charge >= 0.3 is 5.97 Å². The molecule has 0 saturated carbocycles. The minimum absolute atomic E-state index is 0.0712. The van der Waals surface area contributed by atoms with Gasteiger partial charge in [0.15, 0.2) is 5.16 Å². The molecule has 0 bridgehead atoms. The Morgan fingerprint density at radius 1 is 1.32 bits per heavy atom. The van der Waals surface area contributed by atoms with Crippen molar-refractivity contribution in [2.45, 2.75) is 5.16 Å². The quantitative estimate of drug-likeness (QED) is 0.332. The summed E-state index contributed by atoms with van der Waals surface area (Å²) in [6.45, 7) is 0. The fourth-order valence-corrected chi connectivity index (χ4v) is 2.47. The molecule has 0 aliphatic rings. The molecule has 7 nitrogen and oxygen atoms in total. The number of nitriles is 1. The van der Waals surface area contributed by atoms with Crippen LogP contribution in [0.5, 0.6) is 5.75 Å². The van der Waals surface area contributed by atoms with Crippen molar-refractivity contribution in [3.63, 3.8) is 0 Å². The highest BCUT2D eigenvalue weighted by atomic mass is 32.2. The van der Waals surface area contributed by atoms with Crippen molar-refractivity contribution in [3.05, 3.63) is 64.3 Å². The van der Waals surface area contributed by atoms with Crippen molar-refractivity contribution >= 4 is 17.7 Å². The first-order chi connectivity index (χ1) is 12.1. The van der Waals surface area contributed by atoms with E-state index in [-0.39, 0.29) is 17.0 Å². The van der Waals surface area contributed by atoms with E-state index in [1.165, 1.54) is 24.1 Å². The highest BCUT2D eigenvalue weighted by molar-refractivity contribution is 7.98. The third kappa shape index (κ3) is 3.46. The summed E-state index contributed by atoms with van der Waals surface area (Å²) in [4.78, 5) is 30.6. The summed E-state index contributed by atoms with van der Waals surface area (Å²) in [6.07, 6.45) is 3.15. The minimum Gasteiger partial charge on any atom is -0.457 e. The monoisotopic (exact) mass is 353 g/mol. The van der Waals surface area contributed by atoms with Gasteiger partial charge in [0, 0.05) is 5.56 Å². The number of esters is 1. The Balaban J connectivity index is 1.91. The molecule has 1 aromatic carbocycles. The van der Waals surface area contributed by atoms with Crippen LogP contribution in [0.1, 0.15) is 16.1 Å². The van der Waals surface area contributed by atoms with Gasteiger partial charge in [0.1, 0.15) is 17.4 Å². The number of carbonyl (C=O) groups excluding carboxylic acids is 1. The Kier molecular flexibility index (Phi) is 4.68. The van der Waals surface area contributed by atoms with Crippen molar-refractivity contribution < 1.29 is 13.9 Å². The molecule has 0 aliphatic heterocycles. The summed E-state index contributed by atoms with van der Waals surface area (Å²) >= 11 is 1.27. The number of H-pyrrole nitrogens is 1. The number of aromatic amines is 1. The van der Waals surface area contributed by atoms with Gasteiger partial charge in [0.25, 0.3) is 5.56 Å². The topological polar surface area (TPSA) is 109 Å². The van der Waals surface area contributed by atoms with Gasteiger partial charge in [0.2, 0.25) is 5.76 Å². The molecule has 2 heterocycles. The number of carbonyl (C=O) groups is 1. The molecule has 3 aromatic rings. The van der Waals surface area contributed by atoms with E-state index in [4.69, 9.17) is 9.15 Å². The fourth-order valence-electron chi connectivity index (χ4n) is 2.09. The second-order valence-electron chi connectivity index (χ2n) is 4.80. The van der Waals surface area contributed by atoms with E-state index in [1.807, 2.05) is 6.07 Å². The highest BCUT2D eigenvalue weighted by Crippen LogP contribution is 2.24. The third-order valence-corrected chi connectivity index (χ3v) is 3.84. The Bertz CT molecular complexity index is 1000. The van der Waals surface area contributed by atoms with E-state index in [9.17, 15) is 14.9 Å². The van der Waals surface area contributed by atoms with E-state index < -0.39 is 11.5 Å². The normalized spacial score (nSPS) is 10.2. The largest absolute Gasteiger partial charge is 0.457 e. The lowest BCUT2D eigenvalue weighted by Crippen LogP contribution is -2.14. The van der Waals surface area contributed by atoms with E-state index >= 15 is 0 Å². The van der Waals surface area contributed by atoms with Crippen LogP contribution in [0.2, 0.25) is 0 Å². The molecular formula is C17H11N3O4S. The van der Waals surface area contributed by atoms with Crippen LogP contribution in [-0.2, 0) is 0 Å². The number of hydrogen-bond acceptors (Lipinski definition) is 7. The molecule has 1 N–H and O–H groups in total. The summed E-state index contributed by atoms with van der Waals surface area (Å²) in [7, 11) is 0. The zero-order valence-electron chi connectivity index (χ0n) is 13.0. The molecule has 0 unspecified atom stereocenters. The first-order valence-electron chi connectivity index (χ1n) is 7.07. The maximum absolute atomic E-state index is 12.0. The van der Waals surface area contributed by atoms with Crippen LogP contribution >= 0.6 is 11.8 Å². The fraction of sp³-hybridized carbons (Fsp3) is 0.0588. The Labute approximate surface area is 146 Å². The number of nitrogens with one attached hydrogen (secondary N) is 1. The average Bonchev–Trinajstić information content (AvgIpc) is 3.16. The smallest absolute Gasteiger partial charge is 0.379 e. The Morgan fingerprint density at radius 3 is 2.68 bits per heavy atom. The molecule has 0 fully saturated rings. The zero-order valence-corrected chi connectivity index (χ0v) is 13.8. The number of hydrogen-bond donors (Lipinski definition) is 1. The van der Waals surface area contributed by atoms with E-state index in [0.29, 0.717) is 16.5 Å². The van der Waals surface area contributed by atoms with Gasteiger partial charge in [-0.2, -0.15) is 5.26 Å². The third-order valence-electron chi connectivity index (χ3n) is 3.26. The van der Waals surface area contributed by atoms with Gasteiger partial charge in [-0.05, 0) is 42.7 Å². The molecule has 3 rings (SSSR count). The summed E-state index contributed by atoms with van der Waals surface area (Å²) < 4.78 is 10.2. The Morgan fingerprint density at radius 2 is 2.08 bits per heavy atom. The number of benzene rings is 1. The lowest BCUT2D eigenvalue weighted by atomic mass is 10.1. The van der Waals surface area contributed by atoms with Crippen molar-refractivity contribution in [3.8, 4) is 23.1 Å². The minimum atomic E-state index is -0.616. The van der Waals surface area contributed by atoms with Gasteiger partial charge < -0.3 is 14.1 Å². The van der Waals surface area contributed by atoms with Crippen LogP contribution in [0.3, 0.4) is 0 Å². The molecule has 8 heteroatoms. The molecule has 0 spiro atoms. The lowest BCUT2D eigenvalue weighted by Gasteiger charge is -2.06. The average molecular weight is 353 g/mol. The molecule has 2 aromatic heterocycles. The first kappa shape index (κ1) is 16.5. The zero-order chi connectivity index (χ0) is 17.8. The SMILES string of the molecule is CSc1nc(-c2ccc(OC(=O)c3ccco3)cc2)c(C#N)c(=O)[nH]1. The molecule has 0 saturated heterocycles. The second kappa shape index (κ2) is 7.07. The van der Waals surface area contributed by atoms with Gasteiger partial charge in [0.05, 0.1) is 12.0 Å². The highest BCUT2D eigenvalue weighted by Gasteiger charge is 2.15. The number of thioether (sulfide) groups is 1. The molecule has 0 radical (unpaired) electrons. The number of furan rings is 1. The van der Waals surface area contributed by atoms with E-state index in [1.54, 1.807) is 36.6 Å². The van der Waals surface area contributed by atoms with E-state index in [0.717, 1.165) is 0 Å². The summed E-state index contributed by atoms with van der Waals surface area (Å²) in [6, 6.07) is 11.3. The van der Waals surface area contributed by atoms with Crippen molar-refractivity contribution in [1.29, 1.82) is 5.26 Å². The predicted octanol–water partition coefficient (Wildman–Crippen LogP) is 2.84. The van der Waals surface area contributed by atoms with Crippen molar-refractivity contribution in [2.75, 3.05) is 6.26 Å². The molecule has 124 valence electrons. The van der Waals surface area contributed by atoms with Crippen molar-refractivity contribution in [2.24, 2.45) is 0 Å². The maximum Gasteiger partial charge on any atom is 0.379 e. The summed E-state index contributed by atoms with van der Waals surface area (Å²) in [5, 5.41) is 9.62. The number of aromatic nitrogens is 2. The summed E-state index contributed by atoms with van der Waals surface area (Å²) in [5.74, 6) is -0.218. The molecular weight excluding hydrogens is 342 g/mol. The number of rotatable bonds is 4. The standard InChI is InChI=1S/C17H11N3O4S/c1-25-17-19-14(12(9-18)15(21)20-17)10-4-6-11(7-5-10)24-16(22)13-3-2-8-23-13/h2-8H,1H3,(H,19,20,21). The van der Waals surface area contributed by atoms with Crippen LogP contribution < -0.4 is 10.3 Å². The van der Waals surface area contributed by atoms with Crippen molar-refractivity contribution in [1.82, 2.24) is 9.97 Å². The predicted molar refractivity (Wildman–Crippen MR) is 90.5 cm³/mol. The van der Waals surface area contributed by atoms with Gasteiger partial charge in [-0.25, -0.2) is 9.78 Å². The van der Waals surface area contributed by atoms with Crippen LogP contribution in [0, 0.1) is 11.3 Å². The molecule has 0 amide bonds. The first-order valence-corrected chi connectivity index (χ1v) is 8.29. The molecule has 0 atom stereocenters. The van der Waals surface area contributed by atoms with E-state index in [2.05, 4.69) is 9.97 Å². The van der Waals surface area contributed by atoms with Crippen LogP contribution in [0.15, 0.2) is 57.0 Å². The number of nitrogens with zero attached hydrogens (tertiary/aromatic N) is 2. The van der Waals surface area contributed by atoms with Gasteiger partial charge in [-0.3, -0.25) is 4.79 Å². The number of ether oxygens (including phenoxy) is 1. The molecule has 25 heavy (non-hydrogen) atoms. The van der Waals surface area contributed by atoms with Gasteiger partial charge in [-0.15, -0.1) is 0 Å².